The van der Waals surface area contributed by atoms with Crippen LogP contribution in [0.2, 0.25) is 0 Å². The van der Waals surface area contributed by atoms with E-state index in [1.54, 1.807) is 0 Å². The van der Waals surface area contributed by atoms with E-state index in [1.165, 1.54) is 0 Å². The molecule has 0 saturated carbocycles. The van der Waals surface area contributed by atoms with Crippen LogP contribution in [0.3, 0.4) is 0 Å². The lowest BCUT2D eigenvalue weighted by Gasteiger charge is -2.32. The number of amides is 2. The number of hydrogen-bond acceptors (Lipinski definition) is 2. The number of likely N-dealkylation sites (tertiary alicyclic amines) is 1. The molecule has 1 aliphatic heterocycles. The van der Waals surface area contributed by atoms with Crippen molar-refractivity contribution in [3.63, 3.8) is 0 Å². The Morgan fingerprint density at radius 2 is 2.00 bits per heavy atom. The van der Waals surface area contributed by atoms with Gasteiger partial charge in [0.15, 0.2) is 0 Å². The van der Waals surface area contributed by atoms with Gasteiger partial charge < -0.3 is 15.0 Å². The van der Waals surface area contributed by atoms with Gasteiger partial charge in [-0.1, -0.05) is 13.8 Å². The number of nitrogens with zero attached hydrogens (tertiary/aromatic N) is 1. The molecule has 15 heavy (non-hydrogen) atoms. The molecule has 0 bridgehead atoms. The molecule has 0 aromatic carbocycles. The Labute approximate surface area is 92.0 Å². The largest absolute Gasteiger partial charge is 0.379 e. The van der Waals surface area contributed by atoms with Gasteiger partial charge in [-0.15, -0.1) is 0 Å². The van der Waals surface area contributed by atoms with Crippen LogP contribution in [0.5, 0.6) is 0 Å². The second kappa shape index (κ2) is 5.95. The highest BCUT2D eigenvalue weighted by molar-refractivity contribution is 5.75. The van der Waals surface area contributed by atoms with Gasteiger partial charge in [-0.05, 0) is 19.3 Å². The summed E-state index contributed by atoms with van der Waals surface area (Å²) in [5.74, 6) is 0.545. The highest BCUT2D eigenvalue weighted by atomic mass is 16.5. The minimum Gasteiger partial charge on any atom is -0.379 e. The van der Waals surface area contributed by atoms with E-state index in [9.17, 15) is 4.79 Å². The molecule has 4 nitrogen and oxygen atoms in total. The second-order valence-electron chi connectivity index (χ2n) is 4.62. The molecule has 1 atom stereocenters. The highest BCUT2D eigenvalue weighted by Gasteiger charge is 2.21. The molecule has 0 aromatic rings. The first-order valence-corrected chi connectivity index (χ1v) is 5.72. The molecule has 0 unspecified atom stereocenters. The summed E-state index contributed by atoms with van der Waals surface area (Å²) in [6.07, 6.45) is 1.13. The molecular weight excluding hydrogens is 192 g/mol. The predicted molar refractivity (Wildman–Crippen MR) is 59.8 cm³/mol. The van der Waals surface area contributed by atoms with Crippen LogP contribution in [0.15, 0.2) is 0 Å². The fourth-order valence-electron chi connectivity index (χ4n) is 1.34. The number of urea groups is 1. The van der Waals surface area contributed by atoms with Crippen molar-refractivity contribution in [3.8, 4) is 0 Å². The molecule has 0 spiro atoms. The van der Waals surface area contributed by atoms with Gasteiger partial charge in [0.25, 0.3) is 0 Å². The zero-order valence-corrected chi connectivity index (χ0v) is 9.95. The SMILES string of the molecule is CC(C)COC[C@@H](C)NC(=O)N1CCC1. The van der Waals surface area contributed by atoms with Crippen molar-refractivity contribution in [2.75, 3.05) is 26.3 Å². The summed E-state index contributed by atoms with van der Waals surface area (Å²) in [5, 5.41) is 2.92. The summed E-state index contributed by atoms with van der Waals surface area (Å²) in [6.45, 7) is 9.34. The maximum absolute atomic E-state index is 11.5. The van der Waals surface area contributed by atoms with Gasteiger partial charge in [0.2, 0.25) is 0 Å². The molecule has 4 heteroatoms. The minimum absolute atomic E-state index is 0.0434. The number of carbonyl (C=O) groups excluding carboxylic acids is 1. The van der Waals surface area contributed by atoms with Gasteiger partial charge in [0.1, 0.15) is 0 Å². The molecule has 2 amide bonds. The lowest BCUT2D eigenvalue weighted by atomic mass is 10.2. The van der Waals surface area contributed by atoms with Gasteiger partial charge in [-0.2, -0.15) is 0 Å². The first-order chi connectivity index (χ1) is 7.09. The molecule has 0 aromatic heterocycles. The lowest BCUT2D eigenvalue weighted by Crippen LogP contribution is -2.50. The van der Waals surface area contributed by atoms with Crippen molar-refractivity contribution in [1.82, 2.24) is 10.2 Å². The smallest absolute Gasteiger partial charge is 0.317 e. The molecule has 1 aliphatic rings. The number of hydrogen-bond donors (Lipinski definition) is 1. The number of nitrogens with one attached hydrogen (secondary N) is 1. The zero-order valence-electron chi connectivity index (χ0n) is 9.95. The van der Waals surface area contributed by atoms with Crippen LogP contribution >= 0.6 is 0 Å². The van der Waals surface area contributed by atoms with E-state index in [0.29, 0.717) is 12.5 Å². The molecule has 0 radical (unpaired) electrons. The van der Waals surface area contributed by atoms with Crippen molar-refractivity contribution in [2.24, 2.45) is 5.92 Å². The van der Waals surface area contributed by atoms with Gasteiger partial charge in [0.05, 0.1) is 12.6 Å². The van der Waals surface area contributed by atoms with E-state index in [2.05, 4.69) is 19.2 Å². The van der Waals surface area contributed by atoms with Gasteiger partial charge in [-0.25, -0.2) is 4.79 Å². The Balaban J connectivity index is 2.06. The summed E-state index contributed by atoms with van der Waals surface area (Å²) in [7, 11) is 0. The van der Waals surface area contributed by atoms with Crippen LogP contribution in [0.4, 0.5) is 4.79 Å². The molecule has 1 N–H and O–H groups in total. The quantitative estimate of drug-likeness (QED) is 0.753. The molecule has 1 fully saturated rings. The average Bonchev–Trinajstić information content (AvgIpc) is 1.98. The second-order valence-corrected chi connectivity index (χ2v) is 4.62. The summed E-state index contributed by atoms with van der Waals surface area (Å²) in [6, 6.07) is 0.138. The van der Waals surface area contributed by atoms with Crippen molar-refractivity contribution in [2.45, 2.75) is 33.2 Å². The summed E-state index contributed by atoms with van der Waals surface area (Å²) in [5.41, 5.74) is 0. The Bertz CT molecular complexity index is 203. The van der Waals surface area contributed by atoms with Crippen LogP contribution in [-0.2, 0) is 4.74 Å². The van der Waals surface area contributed by atoms with E-state index < -0.39 is 0 Å². The monoisotopic (exact) mass is 214 g/mol. The maximum atomic E-state index is 11.5. The Morgan fingerprint density at radius 3 is 2.47 bits per heavy atom. The molecular formula is C11H22N2O2. The topological polar surface area (TPSA) is 41.6 Å². The van der Waals surface area contributed by atoms with Crippen LogP contribution < -0.4 is 5.32 Å². The number of rotatable bonds is 5. The van der Waals surface area contributed by atoms with E-state index in [-0.39, 0.29) is 12.1 Å². The van der Waals surface area contributed by atoms with Gasteiger partial charge in [-0.3, -0.25) is 0 Å². The number of carbonyl (C=O) groups is 1. The van der Waals surface area contributed by atoms with E-state index in [1.807, 2.05) is 11.8 Å². The molecule has 1 rings (SSSR count). The predicted octanol–water partition coefficient (Wildman–Crippen LogP) is 1.46. The van der Waals surface area contributed by atoms with Crippen LogP contribution in [0, 0.1) is 5.92 Å². The summed E-state index contributed by atoms with van der Waals surface area (Å²) in [4.78, 5) is 13.3. The molecule has 1 saturated heterocycles. The highest BCUT2D eigenvalue weighted by Crippen LogP contribution is 2.05. The third-order valence-electron chi connectivity index (χ3n) is 2.33. The Morgan fingerprint density at radius 1 is 1.33 bits per heavy atom. The first-order valence-electron chi connectivity index (χ1n) is 5.72. The van der Waals surface area contributed by atoms with Crippen molar-refractivity contribution in [3.05, 3.63) is 0 Å². The van der Waals surface area contributed by atoms with E-state index in [0.717, 1.165) is 26.1 Å². The number of ether oxygens (including phenoxy) is 1. The molecule has 1 heterocycles. The Hall–Kier alpha value is -0.770. The van der Waals surface area contributed by atoms with Gasteiger partial charge in [0, 0.05) is 19.7 Å². The summed E-state index contributed by atoms with van der Waals surface area (Å²) >= 11 is 0. The van der Waals surface area contributed by atoms with Crippen LogP contribution in [0.1, 0.15) is 27.2 Å². The molecule has 0 aliphatic carbocycles. The molecule has 88 valence electrons. The Kier molecular flexibility index (Phi) is 4.88. The van der Waals surface area contributed by atoms with Crippen molar-refractivity contribution in [1.29, 1.82) is 0 Å². The fourth-order valence-corrected chi connectivity index (χ4v) is 1.34. The maximum Gasteiger partial charge on any atom is 0.317 e. The fraction of sp³-hybridized carbons (Fsp3) is 0.909. The van der Waals surface area contributed by atoms with E-state index in [4.69, 9.17) is 4.74 Å². The summed E-state index contributed by atoms with van der Waals surface area (Å²) < 4.78 is 5.46. The lowest BCUT2D eigenvalue weighted by molar-refractivity contribution is 0.0913. The van der Waals surface area contributed by atoms with E-state index >= 15 is 0 Å². The first kappa shape index (κ1) is 12.3. The van der Waals surface area contributed by atoms with Crippen molar-refractivity contribution < 1.29 is 9.53 Å². The third-order valence-corrected chi connectivity index (χ3v) is 2.33. The third kappa shape index (κ3) is 4.51. The van der Waals surface area contributed by atoms with Crippen molar-refractivity contribution >= 4 is 6.03 Å². The normalized spacial score (nSPS) is 17.5. The van der Waals surface area contributed by atoms with Crippen LogP contribution in [-0.4, -0.2) is 43.3 Å². The van der Waals surface area contributed by atoms with Crippen LogP contribution in [0.25, 0.3) is 0 Å². The average molecular weight is 214 g/mol. The van der Waals surface area contributed by atoms with Gasteiger partial charge >= 0.3 is 6.03 Å². The zero-order chi connectivity index (χ0) is 11.3. The standard InChI is InChI=1S/C11H22N2O2/c1-9(2)7-15-8-10(3)12-11(14)13-5-4-6-13/h9-10H,4-8H2,1-3H3,(H,12,14)/t10-/m1/s1. The minimum atomic E-state index is 0.0434.